The number of rotatable bonds is 6. The highest BCUT2D eigenvalue weighted by atomic mass is 16.5. The van der Waals surface area contributed by atoms with E-state index in [1.54, 1.807) is 4.90 Å². The minimum Gasteiger partial charge on any atom is -0.493 e. The summed E-state index contributed by atoms with van der Waals surface area (Å²) in [6, 6.07) is 7.71. The Morgan fingerprint density at radius 3 is 2.91 bits per heavy atom. The molecule has 1 fully saturated rings. The summed E-state index contributed by atoms with van der Waals surface area (Å²) >= 11 is 0. The van der Waals surface area contributed by atoms with Crippen LogP contribution in [0.5, 0.6) is 5.75 Å². The highest BCUT2D eigenvalue weighted by Gasteiger charge is 2.25. The SMILES string of the molecule is CC(C)COc1ccccc1CNC(=O)N1CCC(CO)C1. The second kappa shape index (κ2) is 8.03. The summed E-state index contributed by atoms with van der Waals surface area (Å²) in [5.41, 5.74) is 0.981. The fraction of sp³-hybridized carbons (Fsp3) is 0.588. The van der Waals surface area contributed by atoms with Gasteiger partial charge < -0.3 is 20.1 Å². The summed E-state index contributed by atoms with van der Waals surface area (Å²) in [6.45, 7) is 6.82. The van der Waals surface area contributed by atoms with E-state index in [-0.39, 0.29) is 18.6 Å². The summed E-state index contributed by atoms with van der Waals surface area (Å²) in [7, 11) is 0. The minimum absolute atomic E-state index is 0.0744. The number of carbonyl (C=O) groups excluding carboxylic acids is 1. The first kappa shape index (κ1) is 16.6. The van der Waals surface area contributed by atoms with E-state index in [1.807, 2.05) is 24.3 Å². The van der Waals surface area contributed by atoms with Crippen molar-refractivity contribution < 1.29 is 14.6 Å². The Morgan fingerprint density at radius 2 is 2.23 bits per heavy atom. The molecule has 2 rings (SSSR count). The molecule has 1 unspecified atom stereocenters. The largest absolute Gasteiger partial charge is 0.493 e. The molecule has 2 N–H and O–H groups in total. The number of ether oxygens (including phenoxy) is 1. The van der Waals surface area contributed by atoms with E-state index in [4.69, 9.17) is 9.84 Å². The van der Waals surface area contributed by atoms with Gasteiger partial charge in [0.05, 0.1) is 6.61 Å². The van der Waals surface area contributed by atoms with E-state index >= 15 is 0 Å². The molecule has 0 bridgehead atoms. The number of para-hydroxylation sites is 1. The van der Waals surface area contributed by atoms with Gasteiger partial charge in [-0.1, -0.05) is 32.0 Å². The van der Waals surface area contributed by atoms with E-state index in [1.165, 1.54) is 0 Å². The van der Waals surface area contributed by atoms with Crippen LogP contribution in [0.3, 0.4) is 0 Å². The third-order valence-corrected chi connectivity index (χ3v) is 3.81. The summed E-state index contributed by atoms with van der Waals surface area (Å²) in [6.07, 6.45) is 0.873. The van der Waals surface area contributed by atoms with Crippen LogP contribution in [0.25, 0.3) is 0 Å². The van der Waals surface area contributed by atoms with E-state index in [9.17, 15) is 4.79 Å². The minimum atomic E-state index is -0.0744. The fourth-order valence-corrected chi connectivity index (χ4v) is 2.50. The topological polar surface area (TPSA) is 61.8 Å². The molecule has 1 heterocycles. The Kier molecular flexibility index (Phi) is 6.07. The van der Waals surface area contributed by atoms with Crippen molar-refractivity contribution in [3.63, 3.8) is 0 Å². The van der Waals surface area contributed by atoms with Gasteiger partial charge in [-0.2, -0.15) is 0 Å². The van der Waals surface area contributed by atoms with Gasteiger partial charge in [-0.25, -0.2) is 4.79 Å². The van der Waals surface area contributed by atoms with Crippen LogP contribution in [-0.4, -0.2) is 42.3 Å². The maximum Gasteiger partial charge on any atom is 0.317 e. The molecule has 0 spiro atoms. The van der Waals surface area contributed by atoms with Crippen LogP contribution in [0.15, 0.2) is 24.3 Å². The van der Waals surface area contributed by atoms with Gasteiger partial charge >= 0.3 is 6.03 Å². The van der Waals surface area contributed by atoms with Crippen molar-refractivity contribution in [2.75, 3.05) is 26.3 Å². The summed E-state index contributed by atoms with van der Waals surface area (Å²) in [5, 5.41) is 12.1. The van der Waals surface area contributed by atoms with Gasteiger partial charge in [0.25, 0.3) is 0 Å². The average Bonchev–Trinajstić information content (AvgIpc) is 3.00. The van der Waals surface area contributed by atoms with Crippen LogP contribution in [-0.2, 0) is 6.54 Å². The molecule has 0 radical (unpaired) electrons. The van der Waals surface area contributed by atoms with Gasteiger partial charge in [0.2, 0.25) is 0 Å². The second-order valence-corrected chi connectivity index (χ2v) is 6.25. The zero-order valence-electron chi connectivity index (χ0n) is 13.4. The summed E-state index contributed by atoms with van der Waals surface area (Å²) in [5.74, 6) is 1.50. The van der Waals surface area contributed by atoms with Crippen molar-refractivity contribution >= 4 is 6.03 Å². The van der Waals surface area contributed by atoms with Gasteiger partial charge in [0.15, 0.2) is 0 Å². The molecule has 5 heteroatoms. The standard InChI is InChI=1S/C17H26N2O3/c1-13(2)12-22-16-6-4-3-5-15(16)9-18-17(21)19-8-7-14(10-19)11-20/h3-6,13-14,20H,7-12H2,1-2H3,(H,18,21). The lowest BCUT2D eigenvalue weighted by molar-refractivity contribution is 0.197. The molecule has 1 aromatic carbocycles. The Hall–Kier alpha value is -1.75. The monoisotopic (exact) mass is 306 g/mol. The molecule has 0 aromatic heterocycles. The second-order valence-electron chi connectivity index (χ2n) is 6.25. The summed E-state index contributed by atoms with van der Waals surface area (Å²) < 4.78 is 5.79. The van der Waals surface area contributed by atoms with Gasteiger partial charge in [-0.15, -0.1) is 0 Å². The molecule has 1 atom stereocenters. The fourth-order valence-electron chi connectivity index (χ4n) is 2.50. The van der Waals surface area contributed by atoms with Crippen LogP contribution in [0, 0.1) is 11.8 Å². The zero-order valence-corrected chi connectivity index (χ0v) is 13.4. The maximum atomic E-state index is 12.1. The van der Waals surface area contributed by atoms with Crippen molar-refractivity contribution in [1.82, 2.24) is 10.2 Å². The van der Waals surface area contributed by atoms with Crippen LogP contribution in [0.2, 0.25) is 0 Å². The Labute approximate surface area is 132 Å². The number of carbonyl (C=O) groups is 1. The number of aliphatic hydroxyl groups excluding tert-OH is 1. The maximum absolute atomic E-state index is 12.1. The van der Waals surface area contributed by atoms with Crippen molar-refractivity contribution in [2.45, 2.75) is 26.8 Å². The van der Waals surface area contributed by atoms with E-state index in [2.05, 4.69) is 19.2 Å². The van der Waals surface area contributed by atoms with Crippen LogP contribution < -0.4 is 10.1 Å². The molecule has 1 aromatic rings. The van der Waals surface area contributed by atoms with Crippen LogP contribution in [0.4, 0.5) is 4.79 Å². The molecular formula is C17H26N2O3. The number of aliphatic hydroxyl groups is 1. The van der Waals surface area contributed by atoms with Crippen LogP contribution in [0.1, 0.15) is 25.8 Å². The lowest BCUT2D eigenvalue weighted by Crippen LogP contribution is -2.38. The number of hydrogen-bond acceptors (Lipinski definition) is 3. The van der Waals surface area contributed by atoms with Crippen molar-refractivity contribution in [3.05, 3.63) is 29.8 Å². The summed E-state index contributed by atoms with van der Waals surface area (Å²) in [4.78, 5) is 13.9. The Morgan fingerprint density at radius 1 is 1.45 bits per heavy atom. The van der Waals surface area contributed by atoms with E-state index in [0.717, 1.165) is 17.7 Å². The van der Waals surface area contributed by atoms with Crippen molar-refractivity contribution in [2.24, 2.45) is 11.8 Å². The van der Waals surface area contributed by atoms with E-state index in [0.29, 0.717) is 32.2 Å². The number of likely N-dealkylation sites (tertiary alicyclic amines) is 1. The first-order valence-electron chi connectivity index (χ1n) is 7.94. The highest BCUT2D eigenvalue weighted by molar-refractivity contribution is 5.74. The smallest absolute Gasteiger partial charge is 0.317 e. The molecule has 1 saturated heterocycles. The molecular weight excluding hydrogens is 280 g/mol. The third kappa shape index (κ3) is 4.63. The molecule has 122 valence electrons. The molecule has 5 nitrogen and oxygen atoms in total. The predicted molar refractivity (Wildman–Crippen MR) is 85.8 cm³/mol. The Bertz CT molecular complexity index is 491. The van der Waals surface area contributed by atoms with E-state index < -0.39 is 0 Å². The first-order valence-corrected chi connectivity index (χ1v) is 7.94. The third-order valence-electron chi connectivity index (χ3n) is 3.81. The number of nitrogens with zero attached hydrogens (tertiary/aromatic N) is 1. The van der Waals surface area contributed by atoms with Gasteiger partial charge in [0, 0.05) is 37.7 Å². The lowest BCUT2D eigenvalue weighted by atomic mass is 10.1. The van der Waals surface area contributed by atoms with Crippen molar-refractivity contribution in [1.29, 1.82) is 0 Å². The molecule has 0 saturated carbocycles. The predicted octanol–water partition coefficient (Wildman–Crippen LogP) is 2.25. The molecule has 22 heavy (non-hydrogen) atoms. The molecule has 2 amide bonds. The van der Waals surface area contributed by atoms with Gasteiger partial charge in [-0.3, -0.25) is 0 Å². The number of hydrogen-bond donors (Lipinski definition) is 2. The van der Waals surface area contributed by atoms with Gasteiger partial charge in [0.1, 0.15) is 5.75 Å². The molecule has 0 aliphatic carbocycles. The highest BCUT2D eigenvalue weighted by Crippen LogP contribution is 2.19. The molecule has 1 aliphatic rings. The normalized spacial score (nSPS) is 17.8. The van der Waals surface area contributed by atoms with Crippen LogP contribution >= 0.6 is 0 Å². The zero-order chi connectivity index (χ0) is 15.9. The number of benzene rings is 1. The first-order chi connectivity index (χ1) is 10.6. The number of amides is 2. The lowest BCUT2D eigenvalue weighted by Gasteiger charge is -2.18. The van der Waals surface area contributed by atoms with Crippen molar-refractivity contribution in [3.8, 4) is 5.75 Å². The molecule has 1 aliphatic heterocycles. The quantitative estimate of drug-likeness (QED) is 0.847. The Balaban J connectivity index is 1.87. The number of nitrogens with one attached hydrogen (secondary N) is 1. The number of urea groups is 1. The van der Waals surface area contributed by atoms with Gasteiger partial charge in [-0.05, 0) is 18.4 Å². The average molecular weight is 306 g/mol.